The molecule has 2 aromatic rings. The Morgan fingerprint density at radius 1 is 1.20 bits per heavy atom. The van der Waals surface area contributed by atoms with E-state index in [9.17, 15) is 9.59 Å². The monoisotopic (exact) mass is 275 g/mol. The van der Waals surface area contributed by atoms with E-state index in [1.807, 2.05) is 41.1 Å². The summed E-state index contributed by atoms with van der Waals surface area (Å²) in [6, 6.07) is 9.96. The summed E-state index contributed by atoms with van der Waals surface area (Å²) in [5, 5.41) is 1.13. The maximum absolute atomic E-state index is 11.6. The van der Waals surface area contributed by atoms with Gasteiger partial charge in [-0.25, -0.2) is 0 Å². The minimum atomic E-state index is -0.846. The molecule has 1 heterocycles. The van der Waals surface area contributed by atoms with Crippen LogP contribution in [0, 0.1) is 0 Å². The van der Waals surface area contributed by atoms with Crippen LogP contribution in [0.2, 0.25) is 0 Å². The highest BCUT2D eigenvalue weighted by molar-refractivity contribution is 5.80. The van der Waals surface area contributed by atoms with E-state index in [4.69, 9.17) is 9.47 Å². The van der Waals surface area contributed by atoms with E-state index >= 15 is 0 Å². The van der Waals surface area contributed by atoms with Crippen LogP contribution in [-0.2, 0) is 25.6 Å². The number of esters is 2. The van der Waals surface area contributed by atoms with Gasteiger partial charge >= 0.3 is 11.9 Å². The summed E-state index contributed by atoms with van der Waals surface area (Å²) in [6.07, 6.45) is 1.32. The van der Waals surface area contributed by atoms with Crippen molar-refractivity contribution in [3.05, 3.63) is 36.5 Å². The zero-order valence-electron chi connectivity index (χ0n) is 11.5. The fourth-order valence-electron chi connectivity index (χ4n) is 2.05. The molecule has 0 saturated carbocycles. The molecule has 0 amide bonds. The predicted molar refractivity (Wildman–Crippen MR) is 73.9 cm³/mol. The highest BCUT2D eigenvalue weighted by atomic mass is 16.7. The normalized spacial score (nSPS) is 12.1. The Labute approximate surface area is 117 Å². The van der Waals surface area contributed by atoms with Crippen LogP contribution in [0.4, 0.5) is 0 Å². The lowest BCUT2D eigenvalue weighted by molar-refractivity contribution is -0.182. The summed E-state index contributed by atoms with van der Waals surface area (Å²) in [5.41, 5.74) is 1.08. The first-order valence-electron chi connectivity index (χ1n) is 6.47. The van der Waals surface area contributed by atoms with Crippen molar-refractivity contribution in [3.8, 4) is 0 Å². The molecule has 1 aromatic carbocycles. The molecular formula is C15H17NO4. The second kappa shape index (κ2) is 6.23. The number of rotatable bonds is 5. The average Bonchev–Trinajstić information content (AvgIpc) is 2.78. The van der Waals surface area contributed by atoms with E-state index < -0.39 is 18.2 Å². The molecule has 0 aliphatic heterocycles. The number of carbonyl (C=O) groups is 2. The Morgan fingerprint density at radius 3 is 2.70 bits per heavy atom. The maximum Gasteiger partial charge on any atom is 0.310 e. The highest BCUT2D eigenvalue weighted by Crippen LogP contribution is 2.15. The van der Waals surface area contributed by atoms with Crippen molar-refractivity contribution in [3.63, 3.8) is 0 Å². The molecule has 0 aliphatic rings. The van der Waals surface area contributed by atoms with Gasteiger partial charge < -0.3 is 14.0 Å². The summed E-state index contributed by atoms with van der Waals surface area (Å²) in [5.74, 6) is -0.863. The van der Waals surface area contributed by atoms with E-state index in [0.29, 0.717) is 6.54 Å². The quantitative estimate of drug-likeness (QED) is 0.621. The third-order valence-corrected chi connectivity index (χ3v) is 2.87. The van der Waals surface area contributed by atoms with Gasteiger partial charge in [-0.05, 0) is 17.5 Å². The molecule has 0 saturated heterocycles. The number of aromatic nitrogens is 1. The molecule has 0 N–H and O–H groups in total. The standard InChI is InChI=1S/C15H17NO4/c1-11(17)19-12(2)20-15(18)8-10-16-9-7-13-5-3-4-6-14(13)16/h3-7,9,12H,8,10H2,1-2H3. The van der Waals surface area contributed by atoms with Crippen LogP contribution in [0.15, 0.2) is 36.5 Å². The largest absolute Gasteiger partial charge is 0.426 e. The Kier molecular flexibility index (Phi) is 4.40. The van der Waals surface area contributed by atoms with Crippen molar-refractivity contribution in [1.29, 1.82) is 0 Å². The lowest BCUT2D eigenvalue weighted by Crippen LogP contribution is -2.21. The molecule has 5 nitrogen and oxygen atoms in total. The van der Waals surface area contributed by atoms with E-state index in [-0.39, 0.29) is 6.42 Å². The molecule has 0 spiro atoms. The zero-order valence-corrected chi connectivity index (χ0v) is 11.5. The Morgan fingerprint density at radius 2 is 1.95 bits per heavy atom. The molecule has 2 rings (SSSR count). The fourth-order valence-corrected chi connectivity index (χ4v) is 2.05. The number of carbonyl (C=O) groups excluding carboxylic acids is 2. The van der Waals surface area contributed by atoms with Crippen molar-refractivity contribution in [2.24, 2.45) is 0 Å². The van der Waals surface area contributed by atoms with Crippen LogP contribution < -0.4 is 0 Å². The minimum absolute atomic E-state index is 0.226. The van der Waals surface area contributed by atoms with Gasteiger partial charge in [0.1, 0.15) is 0 Å². The summed E-state index contributed by atoms with van der Waals surface area (Å²) >= 11 is 0. The molecule has 0 aliphatic carbocycles. The van der Waals surface area contributed by atoms with Gasteiger partial charge in [0.2, 0.25) is 6.29 Å². The first-order chi connectivity index (χ1) is 9.56. The molecule has 0 fully saturated rings. The van der Waals surface area contributed by atoms with Crippen LogP contribution in [0.5, 0.6) is 0 Å². The van der Waals surface area contributed by atoms with Crippen molar-refractivity contribution < 1.29 is 19.1 Å². The first kappa shape index (κ1) is 14.1. The van der Waals surface area contributed by atoms with E-state index in [1.165, 1.54) is 13.8 Å². The molecule has 1 unspecified atom stereocenters. The lowest BCUT2D eigenvalue weighted by Gasteiger charge is -2.13. The molecule has 0 radical (unpaired) electrons. The number of nitrogens with zero attached hydrogens (tertiary/aromatic N) is 1. The summed E-state index contributed by atoms with van der Waals surface area (Å²) < 4.78 is 11.7. The van der Waals surface area contributed by atoms with Crippen molar-refractivity contribution in [1.82, 2.24) is 4.57 Å². The van der Waals surface area contributed by atoms with Gasteiger partial charge in [-0.2, -0.15) is 0 Å². The van der Waals surface area contributed by atoms with Crippen LogP contribution in [0.3, 0.4) is 0 Å². The van der Waals surface area contributed by atoms with Gasteiger partial charge in [0, 0.05) is 32.1 Å². The van der Waals surface area contributed by atoms with Gasteiger partial charge in [-0.15, -0.1) is 0 Å². The first-order valence-corrected chi connectivity index (χ1v) is 6.47. The molecule has 5 heteroatoms. The van der Waals surface area contributed by atoms with Gasteiger partial charge in [0.05, 0.1) is 6.42 Å². The maximum atomic E-state index is 11.6. The number of hydrogen-bond acceptors (Lipinski definition) is 4. The van der Waals surface area contributed by atoms with Crippen LogP contribution in [0.1, 0.15) is 20.3 Å². The molecule has 1 aromatic heterocycles. The fraction of sp³-hybridized carbons (Fsp3) is 0.333. The number of para-hydroxylation sites is 1. The smallest absolute Gasteiger partial charge is 0.310 e. The number of hydrogen-bond donors (Lipinski definition) is 0. The second-order valence-electron chi connectivity index (χ2n) is 4.48. The van der Waals surface area contributed by atoms with Crippen molar-refractivity contribution >= 4 is 22.8 Å². The number of fused-ring (bicyclic) bond motifs is 1. The third-order valence-electron chi connectivity index (χ3n) is 2.87. The van der Waals surface area contributed by atoms with Crippen molar-refractivity contribution in [2.45, 2.75) is 33.1 Å². The van der Waals surface area contributed by atoms with E-state index in [0.717, 1.165) is 10.9 Å². The van der Waals surface area contributed by atoms with Crippen LogP contribution in [-0.4, -0.2) is 22.8 Å². The topological polar surface area (TPSA) is 57.5 Å². The minimum Gasteiger partial charge on any atom is -0.426 e. The van der Waals surface area contributed by atoms with E-state index in [1.54, 1.807) is 0 Å². The molecule has 0 bridgehead atoms. The van der Waals surface area contributed by atoms with Crippen LogP contribution in [0.25, 0.3) is 10.9 Å². The van der Waals surface area contributed by atoms with Crippen molar-refractivity contribution in [2.75, 3.05) is 0 Å². The average molecular weight is 275 g/mol. The number of ether oxygens (including phenoxy) is 2. The SMILES string of the molecule is CC(=O)OC(C)OC(=O)CCn1ccc2ccccc21. The molecule has 20 heavy (non-hydrogen) atoms. The third kappa shape index (κ3) is 3.60. The van der Waals surface area contributed by atoms with Gasteiger partial charge in [-0.1, -0.05) is 18.2 Å². The molecule has 106 valence electrons. The summed E-state index contributed by atoms with van der Waals surface area (Å²) in [4.78, 5) is 22.3. The Bertz CT molecular complexity index is 617. The Balaban J connectivity index is 1.89. The Hall–Kier alpha value is -2.30. The zero-order chi connectivity index (χ0) is 14.5. The van der Waals surface area contributed by atoms with Gasteiger partial charge in [-0.3, -0.25) is 9.59 Å². The summed E-state index contributed by atoms with van der Waals surface area (Å²) in [7, 11) is 0. The molecular weight excluding hydrogens is 258 g/mol. The van der Waals surface area contributed by atoms with E-state index in [2.05, 4.69) is 0 Å². The van der Waals surface area contributed by atoms with Gasteiger partial charge in [0.15, 0.2) is 0 Å². The predicted octanol–water partition coefficient (Wildman–Crippen LogP) is 2.48. The van der Waals surface area contributed by atoms with Crippen LogP contribution >= 0.6 is 0 Å². The number of benzene rings is 1. The second-order valence-corrected chi connectivity index (χ2v) is 4.48. The van der Waals surface area contributed by atoms with Gasteiger partial charge in [0.25, 0.3) is 0 Å². The number of aryl methyl sites for hydroxylation is 1. The summed E-state index contributed by atoms with van der Waals surface area (Å²) in [6.45, 7) is 3.32. The highest BCUT2D eigenvalue weighted by Gasteiger charge is 2.12. The molecule has 1 atom stereocenters. The lowest BCUT2D eigenvalue weighted by atomic mass is 10.2.